The Morgan fingerprint density at radius 1 is 1.32 bits per heavy atom. The van der Waals surface area contributed by atoms with Gasteiger partial charge in [-0.15, -0.1) is 0 Å². The number of hydrogen-bond donors (Lipinski definition) is 1. The Bertz CT molecular complexity index is 454. The van der Waals surface area contributed by atoms with Gasteiger partial charge in [0.25, 0.3) is 0 Å². The van der Waals surface area contributed by atoms with E-state index in [2.05, 4.69) is 0 Å². The molecule has 0 saturated carbocycles. The lowest BCUT2D eigenvalue weighted by molar-refractivity contribution is -0.133. The SMILES string of the molecule is Cc1ccc(CN(C)C(=O)C(C(N)=S)C(C)C)cc1. The molecule has 2 N–H and O–H groups in total. The Labute approximate surface area is 120 Å². The standard InChI is InChI=1S/C15H22N2OS/c1-10(2)13(14(16)19)15(18)17(4)9-12-7-5-11(3)6-8-12/h5-8,10,13H,9H2,1-4H3,(H2,16,19). The van der Waals surface area contributed by atoms with E-state index in [9.17, 15) is 4.79 Å². The molecule has 1 aromatic rings. The maximum Gasteiger partial charge on any atom is 0.232 e. The number of carbonyl (C=O) groups excluding carboxylic acids is 1. The van der Waals surface area contributed by atoms with Crippen molar-refractivity contribution in [1.82, 2.24) is 4.90 Å². The third-order valence-corrected chi connectivity index (χ3v) is 3.41. The van der Waals surface area contributed by atoms with E-state index >= 15 is 0 Å². The maximum absolute atomic E-state index is 12.4. The molecule has 1 amide bonds. The van der Waals surface area contributed by atoms with Crippen LogP contribution in [0.3, 0.4) is 0 Å². The molecule has 0 bridgehead atoms. The first-order valence-electron chi connectivity index (χ1n) is 6.42. The van der Waals surface area contributed by atoms with Crippen molar-refractivity contribution in [2.45, 2.75) is 27.3 Å². The van der Waals surface area contributed by atoms with E-state index in [0.717, 1.165) is 5.56 Å². The molecule has 0 aliphatic rings. The van der Waals surface area contributed by atoms with Crippen LogP contribution >= 0.6 is 12.2 Å². The van der Waals surface area contributed by atoms with E-state index in [1.54, 1.807) is 11.9 Å². The predicted molar refractivity (Wildman–Crippen MR) is 82.8 cm³/mol. The fourth-order valence-electron chi connectivity index (χ4n) is 2.02. The molecule has 1 rings (SSSR count). The van der Waals surface area contributed by atoms with Gasteiger partial charge < -0.3 is 10.6 Å². The van der Waals surface area contributed by atoms with Crippen molar-refractivity contribution in [2.75, 3.05) is 7.05 Å². The summed E-state index contributed by atoms with van der Waals surface area (Å²) >= 11 is 5.00. The lowest BCUT2D eigenvalue weighted by Gasteiger charge is -2.25. The molecule has 1 unspecified atom stereocenters. The highest BCUT2D eigenvalue weighted by Crippen LogP contribution is 2.16. The van der Waals surface area contributed by atoms with E-state index < -0.39 is 0 Å². The third-order valence-electron chi connectivity index (χ3n) is 3.16. The molecule has 0 fully saturated rings. The summed E-state index contributed by atoms with van der Waals surface area (Å²) in [6.45, 7) is 6.54. The van der Waals surface area contributed by atoms with Gasteiger partial charge >= 0.3 is 0 Å². The molecule has 0 aliphatic carbocycles. The highest BCUT2D eigenvalue weighted by molar-refractivity contribution is 7.80. The number of benzene rings is 1. The van der Waals surface area contributed by atoms with Crippen molar-refractivity contribution in [2.24, 2.45) is 17.6 Å². The van der Waals surface area contributed by atoms with Crippen molar-refractivity contribution in [3.05, 3.63) is 35.4 Å². The van der Waals surface area contributed by atoms with Gasteiger partial charge in [-0.25, -0.2) is 0 Å². The van der Waals surface area contributed by atoms with Crippen LogP contribution in [0.4, 0.5) is 0 Å². The Kier molecular flexibility index (Phi) is 5.48. The third kappa shape index (κ3) is 4.31. The van der Waals surface area contributed by atoms with Crippen molar-refractivity contribution in [3.63, 3.8) is 0 Å². The van der Waals surface area contributed by atoms with Crippen LogP contribution in [0.25, 0.3) is 0 Å². The van der Waals surface area contributed by atoms with Crippen molar-refractivity contribution in [1.29, 1.82) is 0 Å². The number of nitrogens with two attached hydrogens (primary N) is 1. The van der Waals surface area contributed by atoms with Gasteiger partial charge in [0.1, 0.15) is 0 Å². The highest BCUT2D eigenvalue weighted by atomic mass is 32.1. The molecule has 0 radical (unpaired) electrons. The summed E-state index contributed by atoms with van der Waals surface area (Å²) < 4.78 is 0. The first kappa shape index (κ1) is 15.6. The van der Waals surface area contributed by atoms with E-state index in [1.165, 1.54) is 5.56 Å². The number of carbonyl (C=O) groups is 1. The molecule has 0 aliphatic heterocycles. The Hall–Kier alpha value is -1.42. The van der Waals surface area contributed by atoms with Crippen LogP contribution in [0.5, 0.6) is 0 Å². The average Bonchev–Trinajstić information content (AvgIpc) is 2.31. The van der Waals surface area contributed by atoms with Crippen molar-refractivity contribution >= 4 is 23.1 Å². The van der Waals surface area contributed by atoms with Gasteiger partial charge in [0, 0.05) is 13.6 Å². The summed E-state index contributed by atoms with van der Waals surface area (Å²) in [6, 6.07) is 8.15. The summed E-state index contributed by atoms with van der Waals surface area (Å²) in [5.41, 5.74) is 7.99. The molecule has 0 aromatic heterocycles. The Morgan fingerprint density at radius 3 is 2.26 bits per heavy atom. The van der Waals surface area contributed by atoms with E-state index in [1.807, 2.05) is 45.0 Å². The number of nitrogens with zero attached hydrogens (tertiary/aromatic N) is 1. The minimum absolute atomic E-state index is 0.0110. The zero-order valence-corrected chi connectivity index (χ0v) is 12.8. The second kappa shape index (κ2) is 6.66. The normalized spacial score (nSPS) is 12.3. The van der Waals surface area contributed by atoms with E-state index in [4.69, 9.17) is 18.0 Å². The topological polar surface area (TPSA) is 46.3 Å². The molecule has 1 aromatic carbocycles. The molecule has 1 atom stereocenters. The van der Waals surface area contributed by atoms with Crippen LogP contribution < -0.4 is 5.73 Å². The number of rotatable bonds is 5. The van der Waals surface area contributed by atoms with Crippen molar-refractivity contribution < 1.29 is 4.79 Å². The molecule has 0 spiro atoms. The first-order chi connectivity index (χ1) is 8.82. The van der Waals surface area contributed by atoms with E-state index in [0.29, 0.717) is 6.54 Å². The minimum Gasteiger partial charge on any atom is -0.393 e. The molecule has 0 saturated heterocycles. The van der Waals surface area contributed by atoms with Gasteiger partial charge in [-0.1, -0.05) is 55.9 Å². The summed E-state index contributed by atoms with van der Waals surface area (Å²) in [7, 11) is 1.79. The number of amides is 1. The number of thiocarbonyl (C=S) groups is 1. The quantitative estimate of drug-likeness (QED) is 0.842. The molecular weight excluding hydrogens is 256 g/mol. The van der Waals surface area contributed by atoms with Gasteiger partial charge in [0.05, 0.1) is 10.9 Å². The van der Waals surface area contributed by atoms with Gasteiger partial charge in [0.2, 0.25) is 5.91 Å². The fourth-order valence-corrected chi connectivity index (χ4v) is 2.39. The van der Waals surface area contributed by atoms with Gasteiger partial charge in [-0.05, 0) is 18.4 Å². The number of aryl methyl sites for hydroxylation is 1. The summed E-state index contributed by atoms with van der Waals surface area (Å²) in [5, 5.41) is 0. The first-order valence-corrected chi connectivity index (χ1v) is 6.83. The lowest BCUT2D eigenvalue weighted by atomic mass is 9.94. The summed E-state index contributed by atoms with van der Waals surface area (Å²) in [4.78, 5) is 14.3. The molecule has 3 nitrogen and oxygen atoms in total. The van der Waals surface area contributed by atoms with Crippen LogP contribution in [-0.4, -0.2) is 22.8 Å². The molecule has 19 heavy (non-hydrogen) atoms. The summed E-state index contributed by atoms with van der Waals surface area (Å²) in [6.07, 6.45) is 0. The lowest BCUT2D eigenvalue weighted by Crippen LogP contribution is -2.41. The van der Waals surface area contributed by atoms with Crippen LogP contribution in [0, 0.1) is 18.8 Å². The van der Waals surface area contributed by atoms with Crippen LogP contribution in [-0.2, 0) is 11.3 Å². The molecule has 104 valence electrons. The van der Waals surface area contributed by atoms with Crippen LogP contribution in [0.15, 0.2) is 24.3 Å². The number of hydrogen-bond acceptors (Lipinski definition) is 2. The fraction of sp³-hybridized carbons (Fsp3) is 0.467. The van der Waals surface area contributed by atoms with Crippen molar-refractivity contribution in [3.8, 4) is 0 Å². The zero-order valence-electron chi connectivity index (χ0n) is 12.0. The largest absolute Gasteiger partial charge is 0.393 e. The smallest absolute Gasteiger partial charge is 0.232 e. The minimum atomic E-state index is -0.384. The van der Waals surface area contributed by atoms with Crippen LogP contribution in [0.1, 0.15) is 25.0 Å². The second-order valence-corrected chi connectivity index (χ2v) is 5.78. The maximum atomic E-state index is 12.4. The molecular formula is C15H22N2OS. The average molecular weight is 278 g/mol. The highest BCUT2D eigenvalue weighted by Gasteiger charge is 2.27. The van der Waals surface area contributed by atoms with Gasteiger partial charge in [-0.3, -0.25) is 4.79 Å². The summed E-state index contributed by atoms with van der Waals surface area (Å²) in [5.74, 6) is -0.279. The molecule has 4 heteroatoms. The monoisotopic (exact) mass is 278 g/mol. The van der Waals surface area contributed by atoms with E-state index in [-0.39, 0.29) is 22.7 Å². The zero-order chi connectivity index (χ0) is 14.6. The van der Waals surface area contributed by atoms with Crippen LogP contribution in [0.2, 0.25) is 0 Å². The molecule has 0 heterocycles. The van der Waals surface area contributed by atoms with Gasteiger partial charge in [0.15, 0.2) is 0 Å². The Morgan fingerprint density at radius 2 is 1.84 bits per heavy atom. The predicted octanol–water partition coefficient (Wildman–Crippen LogP) is 2.51. The Balaban J connectivity index is 2.76. The van der Waals surface area contributed by atoms with Gasteiger partial charge in [-0.2, -0.15) is 0 Å². The second-order valence-electron chi connectivity index (χ2n) is 5.30.